The Hall–Kier alpha value is -2.04. The highest BCUT2D eigenvalue weighted by Crippen LogP contribution is 2.20. The van der Waals surface area contributed by atoms with Crippen molar-refractivity contribution in [3.05, 3.63) is 29.3 Å². The van der Waals surface area contributed by atoms with Crippen LogP contribution in [0.15, 0.2) is 18.2 Å². The fraction of sp³-hybridized carbons (Fsp3) is 0.579. The summed E-state index contributed by atoms with van der Waals surface area (Å²) in [6.45, 7) is 6.34. The topological polar surface area (TPSA) is 55.8 Å². The van der Waals surface area contributed by atoms with Crippen molar-refractivity contribution >= 4 is 11.9 Å². The molecule has 5 heteroatoms. The number of likely N-dealkylation sites (tertiary alicyclic amines) is 1. The van der Waals surface area contributed by atoms with E-state index in [1.54, 1.807) is 0 Å². The number of aryl methyl sites for hydroxylation is 2. The second-order valence-electron chi connectivity index (χ2n) is 6.36. The van der Waals surface area contributed by atoms with E-state index < -0.39 is 5.97 Å². The molecule has 1 heterocycles. The third-order valence-electron chi connectivity index (χ3n) is 4.46. The molecule has 0 bridgehead atoms. The third kappa shape index (κ3) is 4.98. The first-order valence-corrected chi connectivity index (χ1v) is 8.66. The lowest BCUT2D eigenvalue weighted by Crippen LogP contribution is -2.45. The number of hydrogen-bond acceptors (Lipinski definition) is 4. The Labute approximate surface area is 143 Å². The predicted molar refractivity (Wildman–Crippen MR) is 92.0 cm³/mol. The third-order valence-corrected chi connectivity index (χ3v) is 4.46. The van der Waals surface area contributed by atoms with E-state index in [-0.39, 0.29) is 25.2 Å². The molecule has 2 rings (SSSR count). The number of benzene rings is 1. The fourth-order valence-electron chi connectivity index (χ4n) is 3.02. The van der Waals surface area contributed by atoms with E-state index in [2.05, 4.69) is 6.92 Å². The number of rotatable bonds is 6. The zero-order chi connectivity index (χ0) is 17.5. The molecular weight excluding hydrogens is 306 g/mol. The van der Waals surface area contributed by atoms with Gasteiger partial charge in [0.25, 0.3) is 5.91 Å². The van der Waals surface area contributed by atoms with Crippen LogP contribution in [0.1, 0.15) is 43.7 Å². The van der Waals surface area contributed by atoms with Crippen LogP contribution in [0.2, 0.25) is 0 Å². The van der Waals surface area contributed by atoms with Crippen LogP contribution >= 0.6 is 0 Å². The molecule has 1 saturated heterocycles. The summed E-state index contributed by atoms with van der Waals surface area (Å²) in [6.07, 6.45) is 4.15. The van der Waals surface area contributed by atoms with Gasteiger partial charge in [-0.2, -0.15) is 0 Å². The summed E-state index contributed by atoms with van der Waals surface area (Å²) in [6, 6.07) is 6.09. The Morgan fingerprint density at radius 1 is 1.21 bits per heavy atom. The lowest BCUT2D eigenvalue weighted by molar-refractivity contribution is -0.155. The largest absolute Gasteiger partial charge is 0.482 e. The van der Waals surface area contributed by atoms with E-state index in [0.29, 0.717) is 5.75 Å². The fourth-order valence-corrected chi connectivity index (χ4v) is 3.02. The molecule has 5 nitrogen and oxygen atoms in total. The van der Waals surface area contributed by atoms with Gasteiger partial charge in [0.15, 0.2) is 13.2 Å². The molecule has 0 radical (unpaired) electrons. The van der Waals surface area contributed by atoms with Gasteiger partial charge in [-0.1, -0.05) is 19.1 Å². The van der Waals surface area contributed by atoms with Gasteiger partial charge in [0.2, 0.25) is 0 Å². The summed E-state index contributed by atoms with van der Waals surface area (Å²) >= 11 is 0. The van der Waals surface area contributed by atoms with Crippen LogP contribution in [-0.4, -0.2) is 42.6 Å². The van der Waals surface area contributed by atoms with E-state index in [0.717, 1.165) is 43.4 Å². The molecule has 0 saturated carbocycles. The van der Waals surface area contributed by atoms with Crippen LogP contribution in [0.5, 0.6) is 5.75 Å². The van der Waals surface area contributed by atoms with E-state index in [1.807, 2.05) is 36.9 Å². The minimum Gasteiger partial charge on any atom is -0.482 e. The molecule has 1 aromatic carbocycles. The van der Waals surface area contributed by atoms with Crippen molar-refractivity contribution in [1.29, 1.82) is 0 Å². The second-order valence-corrected chi connectivity index (χ2v) is 6.36. The Morgan fingerprint density at radius 2 is 2.00 bits per heavy atom. The average Bonchev–Trinajstić information content (AvgIpc) is 2.60. The monoisotopic (exact) mass is 333 g/mol. The van der Waals surface area contributed by atoms with Gasteiger partial charge in [-0.3, -0.25) is 4.79 Å². The lowest BCUT2D eigenvalue weighted by atomic mass is 10.00. The molecule has 1 aliphatic heterocycles. The number of carbonyl (C=O) groups is 2. The Balaban J connectivity index is 1.78. The minimum atomic E-state index is -0.519. The van der Waals surface area contributed by atoms with Crippen LogP contribution in [0.4, 0.5) is 0 Å². The first-order chi connectivity index (χ1) is 11.5. The van der Waals surface area contributed by atoms with E-state index in [9.17, 15) is 9.59 Å². The number of amides is 1. The van der Waals surface area contributed by atoms with Gasteiger partial charge < -0.3 is 14.4 Å². The van der Waals surface area contributed by atoms with Crippen molar-refractivity contribution in [2.24, 2.45) is 0 Å². The zero-order valence-electron chi connectivity index (χ0n) is 14.8. The maximum atomic E-state index is 12.3. The molecule has 1 atom stereocenters. The number of carbonyl (C=O) groups excluding carboxylic acids is 2. The molecule has 0 N–H and O–H groups in total. The first-order valence-electron chi connectivity index (χ1n) is 8.66. The van der Waals surface area contributed by atoms with Crippen molar-refractivity contribution in [2.75, 3.05) is 19.8 Å². The molecule has 1 aliphatic rings. The van der Waals surface area contributed by atoms with Gasteiger partial charge in [0.1, 0.15) is 5.75 Å². The molecule has 0 aromatic heterocycles. The van der Waals surface area contributed by atoms with Gasteiger partial charge in [-0.05, 0) is 56.7 Å². The van der Waals surface area contributed by atoms with Crippen LogP contribution in [0.25, 0.3) is 0 Å². The Bertz CT molecular complexity index is 585. The maximum Gasteiger partial charge on any atom is 0.344 e. The molecule has 1 unspecified atom stereocenters. The normalized spacial score (nSPS) is 17.5. The highest BCUT2D eigenvalue weighted by Gasteiger charge is 2.25. The highest BCUT2D eigenvalue weighted by molar-refractivity contribution is 5.81. The summed E-state index contributed by atoms with van der Waals surface area (Å²) in [7, 11) is 0. The zero-order valence-corrected chi connectivity index (χ0v) is 14.8. The van der Waals surface area contributed by atoms with Crippen molar-refractivity contribution in [2.45, 2.75) is 52.5 Å². The van der Waals surface area contributed by atoms with Crippen LogP contribution in [0.3, 0.4) is 0 Å². The number of hydrogen-bond donors (Lipinski definition) is 0. The summed E-state index contributed by atoms with van der Waals surface area (Å²) in [4.78, 5) is 25.9. The summed E-state index contributed by atoms with van der Waals surface area (Å²) in [5.41, 5.74) is 2.03. The molecule has 1 amide bonds. The van der Waals surface area contributed by atoms with Crippen molar-refractivity contribution in [3.63, 3.8) is 0 Å². The summed E-state index contributed by atoms with van der Waals surface area (Å²) in [5.74, 6) is 0.0382. The SMILES string of the molecule is CCC1CCCCN1C(=O)COC(=O)COc1cc(C)ccc1C. The summed E-state index contributed by atoms with van der Waals surface area (Å²) in [5, 5.41) is 0. The quantitative estimate of drug-likeness (QED) is 0.751. The molecule has 0 spiro atoms. The first kappa shape index (κ1) is 18.3. The Kier molecular flexibility index (Phi) is 6.64. The number of esters is 1. The predicted octanol–water partition coefficient (Wildman–Crippen LogP) is 3.02. The maximum absolute atomic E-state index is 12.3. The van der Waals surface area contributed by atoms with Crippen LogP contribution < -0.4 is 4.74 Å². The van der Waals surface area contributed by atoms with Crippen molar-refractivity contribution in [3.8, 4) is 5.75 Å². The molecule has 24 heavy (non-hydrogen) atoms. The van der Waals surface area contributed by atoms with Crippen LogP contribution in [-0.2, 0) is 14.3 Å². The number of piperidine rings is 1. The van der Waals surface area contributed by atoms with E-state index in [4.69, 9.17) is 9.47 Å². The summed E-state index contributed by atoms with van der Waals surface area (Å²) < 4.78 is 10.6. The standard InChI is InChI=1S/C19H27NO4/c1-4-16-7-5-6-10-20(16)18(21)12-24-19(22)13-23-17-11-14(2)8-9-15(17)3/h8-9,11,16H,4-7,10,12-13H2,1-3H3. The van der Waals surface area contributed by atoms with Crippen LogP contribution in [0, 0.1) is 13.8 Å². The molecule has 0 aliphatic carbocycles. The second kappa shape index (κ2) is 8.71. The molecule has 1 aromatic rings. The van der Waals surface area contributed by atoms with Gasteiger partial charge in [0.05, 0.1) is 0 Å². The minimum absolute atomic E-state index is 0.110. The number of nitrogens with zero attached hydrogens (tertiary/aromatic N) is 1. The van der Waals surface area contributed by atoms with E-state index in [1.165, 1.54) is 0 Å². The van der Waals surface area contributed by atoms with Gasteiger partial charge in [-0.25, -0.2) is 4.79 Å². The highest BCUT2D eigenvalue weighted by atomic mass is 16.6. The smallest absolute Gasteiger partial charge is 0.344 e. The van der Waals surface area contributed by atoms with E-state index >= 15 is 0 Å². The van der Waals surface area contributed by atoms with Gasteiger partial charge in [-0.15, -0.1) is 0 Å². The molecule has 1 fully saturated rings. The lowest BCUT2D eigenvalue weighted by Gasteiger charge is -2.35. The van der Waals surface area contributed by atoms with Gasteiger partial charge >= 0.3 is 5.97 Å². The molecule has 132 valence electrons. The van der Waals surface area contributed by atoms with Crippen molar-refractivity contribution in [1.82, 2.24) is 4.90 Å². The Morgan fingerprint density at radius 3 is 2.75 bits per heavy atom. The van der Waals surface area contributed by atoms with Gasteiger partial charge in [0, 0.05) is 12.6 Å². The van der Waals surface area contributed by atoms with Crippen molar-refractivity contribution < 1.29 is 19.1 Å². The molecular formula is C19H27NO4. The number of ether oxygens (including phenoxy) is 2. The average molecular weight is 333 g/mol.